The first-order valence-corrected chi connectivity index (χ1v) is 6.64. The molecule has 100 valence electrons. The molecule has 1 aromatic heterocycles. The van der Waals surface area contributed by atoms with Crippen LogP contribution in [0.25, 0.3) is 0 Å². The smallest absolute Gasteiger partial charge is 0.166 e. The molecule has 1 unspecified atom stereocenters. The van der Waals surface area contributed by atoms with Crippen LogP contribution in [0.15, 0.2) is 42.6 Å². The Bertz CT molecular complexity index is 531. The van der Waals surface area contributed by atoms with Gasteiger partial charge in [-0.15, -0.1) is 0 Å². The zero-order chi connectivity index (χ0) is 13.7. The fourth-order valence-electron chi connectivity index (χ4n) is 1.85. The van der Waals surface area contributed by atoms with Gasteiger partial charge in [-0.1, -0.05) is 41.9 Å². The molecule has 2 rings (SSSR count). The molecule has 0 aliphatic rings. The summed E-state index contributed by atoms with van der Waals surface area (Å²) in [5.74, 6) is -0.163. The van der Waals surface area contributed by atoms with Crippen LogP contribution in [-0.4, -0.2) is 11.0 Å². The van der Waals surface area contributed by atoms with Gasteiger partial charge < -0.3 is 5.32 Å². The predicted octanol–water partition coefficient (Wildman–Crippen LogP) is 4.31. The number of pyridine rings is 1. The fourth-order valence-corrected chi connectivity index (χ4v) is 2.00. The quantitative estimate of drug-likeness (QED) is 0.882. The molecule has 0 bridgehead atoms. The number of benzene rings is 1. The molecule has 2 nitrogen and oxygen atoms in total. The first kappa shape index (κ1) is 13.8. The Hall–Kier alpha value is -1.61. The molecular weight excluding hydrogens is 263 g/mol. The predicted molar refractivity (Wildman–Crippen MR) is 77.1 cm³/mol. The summed E-state index contributed by atoms with van der Waals surface area (Å²) in [5, 5.41) is 3.37. The Balaban J connectivity index is 1.89. The van der Waals surface area contributed by atoms with E-state index < -0.39 is 5.82 Å². The standard InChI is InChI=1S/C15H16ClFN2/c1-11(7-8-12-5-3-2-4-6-12)19-15-14(17)9-13(16)10-18-15/h2-6,9-11H,7-8H2,1H3,(H,18,19). The topological polar surface area (TPSA) is 24.9 Å². The second kappa shape index (κ2) is 6.53. The molecule has 2 aromatic rings. The van der Waals surface area contributed by atoms with Crippen LogP contribution in [0.2, 0.25) is 5.02 Å². The van der Waals surface area contributed by atoms with Crippen LogP contribution in [-0.2, 0) is 6.42 Å². The van der Waals surface area contributed by atoms with Crippen LogP contribution in [0.3, 0.4) is 0 Å². The largest absolute Gasteiger partial charge is 0.365 e. The fraction of sp³-hybridized carbons (Fsp3) is 0.267. The molecule has 0 radical (unpaired) electrons. The van der Waals surface area contributed by atoms with Crippen molar-refractivity contribution in [3.05, 3.63) is 59.0 Å². The highest BCUT2D eigenvalue weighted by Crippen LogP contribution is 2.17. The van der Waals surface area contributed by atoms with Crippen molar-refractivity contribution in [3.63, 3.8) is 0 Å². The van der Waals surface area contributed by atoms with E-state index in [-0.39, 0.29) is 11.9 Å². The zero-order valence-corrected chi connectivity index (χ0v) is 11.5. The van der Waals surface area contributed by atoms with Gasteiger partial charge in [0.15, 0.2) is 11.6 Å². The molecule has 4 heteroatoms. The number of rotatable bonds is 5. The zero-order valence-electron chi connectivity index (χ0n) is 10.7. The highest BCUT2D eigenvalue weighted by molar-refractivity contribution is 6.30. The van der Waals surface area contributed by atoms with Gasteiger partial charge in [0.1, 0.15) is 0 Å². The number of halogens is 2. The van der Waals surface area contributed by atoms with Crippen molar-refractivity contribution in [2.45, 2.75) is 25.8 Å². The van der Waals surface area contributed by atoms with Gasteiger partial charge in [-0.2, -0.15) is 0 Å². The van der Waals surface area contributed by atoms with E-state index in [0.717, 1.165) is 12.8 Å². The molecular formula is C15H16ClFN2. The van der Waals surface area contributed by atoms with E-state index in [0.29, 0.717) is 5.02 Å². The molecule has 0 saturated carbocycles. The summed E-state index contributed by atoms with van der Waals surface area (Å²) in [6.07, 6.45) is 3.30. The lowest BCUT2D eigenvalue weighted by atomic mass is 10.1. The molecule has 0 aliphatic carbocycles. The number of nitrogens with one attached hydrogen (secondary N) is 1. The molecule has 0 spiro atoms. The van der Waals surface area contributed by atoms with Crippen molar-refractivity contribution < 1.29 is 4.39 Å². The van der Waals surface area contributed by atoms with Gasteiger partial charge in [-0.25, -0.2) is 9.37 Å². The molecule has 0 amide bonds. The third-order valence-electron chi connectivity index (χ3n) is 2.90. The second-order valence-corrected chi connectivity index (χ2v) is 4.99. The van der Waals surface area contributed by atoms with Gasteiger partial charge in [-0.3, -0.25) is 0 Å². The van der Waals surface area contributed by atoms with E-state index in [9.17, 15) is 4.39 Å². The van der Waals surface area contributed by atoms with Gasteiger partial charge in [0.05, 0.1) is 5.02 Å². The lowest BCUT2D eigenvalue weighted by Crippen LogP contribution is -2.17. The number of anilines is 1. The van der Waals surface area contributed by atoms with Gasteiger partial charge in [0, 0.05) is 12.2 Å². The van der Waals surface area contributed by atoms with Crippen molar-refractivity contribution in [1.82, 2.24) is 4.98 Å². The van der Waals surface area contributed by atoms with Crippen molar-refractivity contribution in [1.29, 1.82) is 0 Å². The molecule has 1 aromatic carbocycles. The van der Waals surface area contributed by atoms with E-state index in [2.05, 4.69) is 22.4 Å². The molecule has 1 heterocycles. The maximum absolute atomic E-state index is 13.6. The summed E-state index contributed by atoms with van der Waals surface area (Å²) in [4.78, 5) is 3.95. The van der Waals surface area contributed by atoms with Crippen LogP contribution in [0, 0.1) is 5.82 Å². The lowest BCUT2D eigenvalue weighted by molar-refractivity contribution is 0.615. The summed E-state index contributed by atoms with van der Waals surface area (Å²) in [5.41, 5.74) is 1.28. The van der Waals surface area contributed by atoms with Crippen molar-refractivity contribution in [2.24, 2.45) is 0 Å². The summed E-state index contributed by atoms with van der Waals surface area (Å²) >= 11 is 5.66. The summed E-state index contributed by atoms with van der Waals surface area (Å²) < 4.78 is 13.6. The van der Waals surface area contributed by atoms with Crippen molar-refractivity contribution in [2.75, 3.05) is 5.32 Å². The van der Waals surface area contributed by atoms with E-state index in [1.54, 1.807) is 0 Å². The van der Waals surface area contributed by atoms with E-state index >= 15 is 0 Å². The van der Waals surface area contributed by atoms with Crippen LogP contribution in [0.1, 0.15) is 18.9 Å². The first-order valence-electron chi connectivity index (χ1n) is 6.26. The van der Waals surface area contributed by atoms with Crippen molar-refractivity contribution in [3.8, 4) is 0 Å². The van der Waals surface area contributed by atoms with Gasteiger partial charge in [0.2, 0.25) is 0 Å². The third kappa shape index (κ3) is 4.21. The second-order valence-electron chi connectivity index (χ2n) is 4.55. The van der Waals surface area contributed by atoms with Crippen LogP contribution in [0.5, 0.6) is 0 Å². The van der Waals surface area contributed by atoms with Crippen LogP contribution < -0.4 is 5.32 Å². The highest BCUT2D eigenvalue weighted by Gasteiger charge is 2.08. The third-order valence-corrected chi connectivity index (χ3v) is 3.11. The maximum atomic E-state index is 13.6. The Morgan fingerprint density at radius 1 is 1.32 bits per heavy atom. The van der Waals surface area contributed by atoms with E-state index in [1.165, 1.54) is 17.8 Å². The van der Waals surface area contributed by atoms with Crippen LogP contribution in [0.4, 0.5) is 10.2 Å². The Labute approximate surface area is 117 Å². The molecule has 0 aliphatic heterocycles. The molecule has 1 N–H and O–H groups in total. The minimum atomic E-state index is -0.418. The highest BCUT2D eigenvalue weighted by atomic mass is 35.5. The van der Waals surface area contributed by atoms with Gasteiger partial charge in [-0.05, 0) is 31.4 Å². The Morgan fingerprint density at radius 3 is 2.74 bits per heavy atom. The number of aromatic nitrogens is 1. The monoisotopic (exact) mass is 278 g/mol. The molecule has 0 fully saturated rings. The average Bonchev–Trinajstić information content (AvgIpc) is 2.41. The first-order chi connectivity index (χ1) is 9.15. The van der Waals surface area contributed by atoms with E-state index in [4.69, 9.17) is 11.6 Å². The normalized spacial score (nSPS) is 12.2. The minimum absolute atomic E-state index is 0.142. The molecule has 19 heavy (non-hydrogen) atoms. The van der Waals surface area contributed by atoms with E-state index in [1.807, 2.05) is 25.1 Å². The lowest BCUT2D eigenvalue weighted by Gasteiger charge is -2.15. The summed E-state index contributed by atoms with van der Waals surface area (Å²) in [7, 11) is 0. The number of hydrogen-bond donors (Lipinski definition) is 1. The Morgan fingerprint density at radius 2 is 2.05 bits per heavy atom. The van der Waals surface area contributed by atoms with Gasteiger partial charge in [0.25, 0.3) is 0 Å². The summed E-state index contributed by atoms with van der Waals surface area (Å²) in [6.45, 7) is 2.01. The number of nitrogens with zero attached hydrogens (tertiary/aromatic N) is 1. The Kier molecular flexibility index (Phi) is 4.74. The molecule has 1 atom stereocenters. The SMILES string of the molecule is CC(CCc1ccccc1)Nc1ncc(Cl)cc1F. The number of hydrogen-bond acceptors (Lipinski definition) is 2. The van der Waals surface area contributed by atoms with Gasteiger partial charge >= 0.3 is 0 Å². The summed E-state index contributed by atoms with van der Waals surface area (Å²) in [6, 6.07) is 11.6. The van der Waals surface area contributed by atoms with Crippen LogP contribution >= 0.6 is 11.6 Å². The van der Waals surface area contributed by atoms with Crippen molar-refractivity contribution >= 4 is 17.4 Å². The molecule has 0 saturated heterocycles. The maximum Gasteiger partial charge on any atom is 0.166 e. The number of aryl methyl sites for hydroxylation is 1. The minimum Gasteiger partial charge on any atom is -0.365 e. The average molecular weight is 279 g/mol.